The molecule has 4 aromatic rings. The lowest BCUT2D eigenvalue weighted by atomic mass is 10.0. The van der Waals surface area contributed by atoms with Gasteiger partial charge in [0.2, 0.25) is 11.8 Å². The fourth-order valence-electron chi connectivity index (χ4n) is 10.1. The van der Waals surface area contributed by atoms with E-state index in [0.717, 1.165) is 67.4 Å². The minimum atomic E-state index is -0.323. The Hall–Kier alpha value is -6.29. The van der Waals surface area contributed by atoms with Gasteiger partial charge in [0.15, 0.2) is 5.82 Å². The van der Waals surface area contributed by atoms with Crippen LogP contribution in [0.25, 0.3) is 11.3 Å². The van der Waals surface area contributed by atoms with Gasteiger partial charge in [0.1, 0.15) is 23.6 Å². The van der Waals surface area contributed by atoms with E-state index in [0.29, 0.717) is 69.3 Å². The van der Waals surface area contributed by atoms with Crippen LogP contribution in [0, 0.1) is 0 Å². The minimum Gasteiger partial charge on any atom is -0.507 e. The minimum absolute atomic E-state index is 0.00353. The van der Waals surface area contributed by atoms with E-state index in [1.54, 1.807) is 12.1 Å². The van der Waals surface area contributed by atoms with Gasteiger partial charge in [0.05, 0.1) is 42.7 Å². The molecule has 61 heavy (non-hydrogen) atoms. The molecule has 3 aromatic carbocycles. The number of urea groups is 1. The van der Waals surface area contributed by atoms with E-state index in [1.807, 2.05) is 53.2 Å². The third-order valence-corrected chi connectivity index (χ3v) is 13.4. The molecule has 0 unspecified atom stereocenters. The number of amides is 4. The van der Waals surface area contributed by atoms with Crippen LogP contribution in [0.3, 0.4) is 0 Å². The summed E-state index contributed by atoms with van der Waals surface area (Å²) in [5.74, 6) is 0.902. The van der Waals surface area contributed by atoms with Crippen molar-refractivity contribution in [3.05, 3.63) is 78.4 Å². The number of fused-ring (bicyclic) bond motifs is 3. The zero-order valence-electron chi connectivity index (χ0n) is 34.4. The number of ether oxygens (including phenoxy) is 2. The maximum absolute atomic E-state index is 13.7. The zero-order valence-corrected chi connectivity index (χ0v) is 34.4. The van der Waals surface area contributed by atoms with Gasteiger partial charge in [-0.15, -0.1) is 10.2 Å². The normalized spacial score (nSPS) is 23.1. The number of carbonyl (C=O) groups is 3. The van der Waals surface area contributed by atoms with Crippen molar-refractivity contribution in [3.63, 3.8) is 0 Å². The molecule has 5 saturated heterocycles. The van der Waals surface area contributed by atoms with Gasteiger partial charge in [-0.05, 0) is 55.3 Å². The summed E-state index contributed by atoms with van der Waals surface area (Å²) in [6.07, 6.45) is 3.25. The van der Waals surface area contributed by atoms with Crippen LogP contribution in [-0.4, -0.2) is 139 Å². The van der Waals surface area contributed by atoms with Crippen molar-refractivity contribution < 1.29 is 29.0 Å². The highest BCUT2D eigenvalue weighted by molar-refractivity contribution is 6.02. The Morgan fingerprint density at radius 1 is 0.852 bits per heavy atom. The van der Waals surface area contributed by atoms with Crippen LogP contribution in [0.15, 0.2) is 72.8 Å². The predicted molar refractivity (Wildman–Crippen MR) is 231 cm³/mol. The lowest BCUT2D eigenvalue weighted by Crippen LogP contribution is -2.65. The number of likely N-dealkylation sites (N-methyl/N-ethyl adjacent to an activating group) is 1. The maximum atomic E-state index is 13.7. The third kappa shape index (κ3) is 7.36. The van der Waals surface area contributed by atoms with E-state index in [9.17, 15) is 19.5 Å². The number of piperidine rings is 2. The number of rotatable bonds is 8. The molecule has 16 nitrogen and oxygen atoms in total. The second kappa shape index (κ2) is 16.0. The van der Waals surface area contributed by atoms with Crippen molar-refractivity contribution in [3.8, 4) is 22.8 Å². The Morgan fingerprint density at radius 3 is 2.36 bits per heavy atom. The number of nitrogens with one attached hydrogen (secondary N) is 1. The Morgan fingerprint density at radius 2 is 1.59 bits per heavy atom. The number of phenolic OH excluding ortho intramolecular Hbond substituents is 1. The molecule has 0 spiro atoms. The largest absolute Gasteiger partial charge is 0.507 e. The molecule has 0 radical (unpaired) electrons. The monoisotopic (exact) mass is 828 g/mol. The SMILES string of the molecule is CN(C(=O)N1CCC(Oc2cccc(N3[C@@H]4COC[C@H]3CN(c3cc(-c5ccccc5O)nnc3N)C4)c2)CC1)C1CN(c2cccc3c2CCN3[C@@H]2CCC(=O)NC2=O)C1. The number of benzene rings is 3. The molecule has 318 valence electrons. The van der Waals surface area contributed by atoms with Crippen LogP contribution in [0.4, 0.5) is 33.4 Å². The molecule has 0 aliphatic carbocycles. The fraction of sp³-hybridized carbons (Fsp3) is 0.444. The number of aromatic hydroxyl groups is 1. The summed E-state index contributed by atoms with van der Waals surface area (Å²) in [6, 6.07) is 23.6. The second-order valence-corrected chi connectivity index (χ2v) is 17.1. The van der Waals surface area contributed by atoms with Gasteiger partial charge < -0.3 is 49.7 Å². The van der Waals surface area contributed by atoms with Gasteiger partial charge in [0.25, 0.3) is 0 Å². The molecule has 4 N–H and O–H groups in total. The number of hydrogen-bond acceptors (Lipinski definition) is 13. The van der Waals surface area contributed by atoms with Crippen molar-refractivity contribution in [2.24, 2.45) is 0 Å². The van der Waals surface area contributed by atoms with E-state index >= 15 is 0 Å². The Kier molecular flexibility index (Phi) is 10.2. The molecule has 4 amide bonds. The number of piperazine rings is 1. The summed E-state index contributed by atoms with van der Waals surface area (Å²) in [5, 5.41) is 21.5. The number of carbonyl (C=O) groups excluding carboxylic acids is 3. The average molecular weight is 829 g/mol. The molecule has 1 aromatic heterocycles. The molecule has 7 heterocycles. The number of nitrogens with zero attached hydrogens (tertiary/aromatic N) is 8. The number of anilines is 5. The van der Waals surface area contributed by atoms with E-state index in [1.165, 1.54) is 5.56 Å². The van der Waals surface area contributed by atoms with Crippen LogP contribution < -0.4 is 35.4 Å². The second-order valence-electron chi connectivity index (χ2n) is 17.1. The van der Waals surface area contributed by atoms with E-state index in [4.69, 9.17) is 15.2 Å². The number of morpholine rings is 1. The predicted octanol–water partition coefficient (Wildman–Crippen LogP) is 3.48. The Labute approximate surface area is 354 Å². The third-order valence-electron chi connectivity index (χ3n) is 13.4. The summed E-state index contributed by atoms with van der Waals surface area (Å²) >= 11 is 0. The number of nitrogen functional groups attached to an aromatic ring is 1. The van der Waals surface area contributed by atoms with Crippen molar-refractivity contribution >= 4 is 46.4 Å². The lowest BCUT2D eigenvalue weighted by Gasteiger charge is -2.51. The summed E-state index contributed by atoms with van der Waals surface area (Å²) in [4.78, 5) is 51.1. The highest BCUT2D eigenvalue weighted by atomic mass is 16.5. The van der Waals surface area contributed by atoms with Crippen LogP contribution in [0.5, 0.6) is 11.5 Å². The van der Waals surface area contributed by atoms with Crippen molar-refractivity contribution in [2.45, 2.75) is 62.4 Å². The Balaban J connectivity index is 0.726. The molecule has 2 bridgehead atoms. The van der Waals surface area contributed by atoms with Crippen LogP contribution in [-0.2, 0) is 20.7 Å². The molecule has 3 atom stereocenters. The molecular weight excluding hydrogens is 777 g/mol. The molecule has 10 rings (SSSR count). The number of imide groups is 1. The molecule has 5 fully saturated rings. The highest BCUT2D eigenvalue weighted by Crippen LogP contribution is 2.40. The lowest BCUT2D eigenvalue weighted by molar-refractivity contribution is -0.134. The van der Waals surface area contributed by atoms with Crippen molar-refractivity contribution in [1.82, 2.24) is 25.3 Å². The van der Waals surface area contributed by atoms with Gasteiger partial charge in [0, 0.05) is 106 Å². The molecule has 0 saturated carbocycles. The summed E-state index contributed by atoms with van der Waals surface area (Å²) in [6.45, 7) is 6.03. The molecule has 16 heteroatoms. The van der Waals surface area contributed by atoms with Gasteiger partial charge in [-0.2, -0.15) is 0 Å². The zero-order chi connectivity index (χ0) is 41.8. The Bertz CT molecular complexity index is 2320. The summed E-state index contributed by atoms with van der Waals surface area (Å²) in [7, 11) is 1.91. The fourth-order valence-corrected chi connectivity index (χ4v) is 10.1. The number of para-hydroxylation sites is 1. The molecule has 6 aliphatic rings. The molecular formula is C45H52N10O6. The molecule has 6 aliphatic heterocycles. The summed E-state index contributed by atoms with van der Waals surface area (Å²) in [5.41, 5.74) is 12.9. The maximum Gasteiger partial charge on any atom is 0.320 e. The summed E-state index contributed by atoms with van der Waals surface area (Å²) < 4.78 is 12.6. The van der Waals surface area contributed by atoms with E-state index in [-0.39, 0.29) is 53.9 Å². The van der Waals surface area contributed by atoms with Crippen molar-refractivity contribution in [1.29, 1.82) is 0 Å². The number of phenols is 1. The van der Waals surface area contributed by atoms with Crippen LogP contribution in [0.1, 0.15) is 31.2 Å². The van der Waals surface area contributed by atoms with Crippen LogP contribution in [0.2, 0.25) is 0 Å². The number of likely N-dealkylation sites (tertiary alicyclic amines) is 1. The number of nitrogens with two attached hydrogens (primary N) is 1. The van der Waals surface area contributed by atoms with E-state index < -0.39 is 0 Å². The van der Waals surface area contributed by atoms with Gasteiger partial charge in [-0.3, -0.25) is 14.9 Å². The van der Waals surface area contributed by atoms with Gasteiger partial charge in [-0.1, -0.05) is 24.3 Å². The van der Waals surface area contributed by atoms with Crippen LogP contribution >= 0.6 is 0 Å². The first-order valence-corrected chi connectivity index (χ1v) is 21.5. The standard InChI is InChI=1S/C45H52N10O6/c1-50(29-22-52(23-29)37-9-5-10-38-35(37)16-19-54(38)39-12-13-42(57)47-44(39)58)45(59)51-17-14-32(15-18-51)61-33-7-4-6-28(20-33)55-30-24-53(25-31(55)27-60-26-30)40-21-36(48-49-43(40)46)34-8-2-3-11-41(34)56/h2-11,20-21,29-32,39,56H,12-19,22-27H2,1H3,(H2,46,49)(H,47,57,58)/t30-,31+,39-/m1/s1. The first-order chi connectivity index (χ1) is 29.7. The topological polar surface area (TPSA) is 173 Å². The number of aromatic nitrogens is 2. The van der Waals surface area contributed by atoms with Gasteiger partial charge >= 0.3 is 6.03 Å². The average Bonchev–Trinajstić information content (AvgIpc) is 3.68. The van der Waals surface area contributed by atoms with E-state index in [2.05, 4.69) is 59.4 Å². The quantitative estimate of drug-likeness (QED) is 0.221. The number of hydrogen-bond donors (Lipinski definition) is 3. The van der Waals surface area contributed by atoms with Crippen molar-refractivity contribution in [2.75, 3.05) is 91.4 Å². The smallest absolute Gasteiger partial charge is 0.320 e. The highest BCUT2D eigenvalue weighted by Gasteiger charge is 2.41. The first-order valence-electron chi connectivity index (χ1n) is 21.5. The van der Waals surface area contributed by atoms with Gasteiger partial charge in [-0.25, -0.2) is 4.79 Å². The first kappa shape index (κ1) is 38.9.